The van der Waals surface area contributed by atoms with Crippen molar-refractivity contribution in [2.24, 2.45) is 0 Å². The summed E-state index contributed by atoms with van der Waals surface area (Å²) >= 11 is 0. The van der Waals surface area contributed by atoms with Crippen LogP contribution in [0.2, 0.25) is 0 Å². The van der Waals surface area contributed by atoms with Gasteiger partial charge in [-0.3, -0.25) is 9.69 Å². The van der Waals surface area contributed by atoms with E-state index in [0.717, 1.165) is 10.9 Å². The van der Waals surface area contributed by atoms with Crippen molar-refractivity contribution >= 4 is 10.9 Å². The van der Waals surface area contributed by atoms with Crippen molar-refractivity contribution in [2.45, 2.75) is 26.1 Å². The van der Waals surface area contributed by atoms with Crippen molar-refractivity contribution in [3.05, 3.63) is 75.8 Å². The van der Waals surface area contributed by atoms with Gasteiger partial charge in [-0.15, -0.1) is 5.10 Å². The zero-order valence-electron chi connectivity index (χ0n) is 20.4. The number of fused-ring (bicyclic) bond motifs is 1. The van der Waals surface area contributed by atoms with Crippen LogP contribution in [0.5, 0.6) is 11.5 Å². The molecule has 0 radical (unpaired) electrons. The van der Waals surface area contributed by atoms with Gasteiger partial charge in [0.15, 0.2) is 17.3 Å². The summed E-state index contributed by atoms with van der Waals surface area (Å²) in [5.74, 6) is 1.70. The molecule has 0 saturated heterocycles. The summed E-state index contributed by atoms with van der Waals surface area (Å²) in [7, 11) is 4.78. The van der Waals surface area contributed by atoms with E-state index >= 15 is 0 Å². The largest absolute Gasteiger partial charge is 0.493 e. The average molecular weight is 479 g/mol. The van der Waals surface area contributed by atoms with E-state index in [-0.39, 0.29) is 5.56 Å². The molecule has 2 aromatic heterocycles. The molecule has 0 aliphatic rings. The Balaban J connectivity index is 1.88. The predicted molar refractivity (Wildman–Crippen MR) is 132 cm³/mol. The predicted octanol–water partition coefficient (Wildman–Crippen LogP) is 2.79. The molecule has 4 aromatic rings. The first-order chi connectivity index (χ1) is 17.1. The Morgan fingerprint density at radius 2 is 1.80 bits per heavy atom. The Hall–Kier alpha value is -3.76. The summed E-state index contributed by atoms with van der Waals surface area (Å²) in [6.07, 6.45) is 0. The highest BCUT2D eigenvalue weighted by atomic mass is 16.5. The van der Waals surface area contributed by atoms with Crippen LogP contribution in [-0.4, -0.2) is 64.6 Å². The first-order valence-electron chi connectivity index (χ1n) is 11.4. The van der Waals surface area contributed by atoms with Crippen molar-refractivity contribution in [1.29, 1.82) is 0 Å². The van der Waals surface area contributed by atoms with Gasteiger partial charge in [-0.2, -0.15) is 0 Å². The quantitative estimate of drug-likeness (QED) is 0.351. The van der Waals surface area contributed by atoms with Crippen LogP contribution in [0.15, 0.2) is 53.3 Å². The first kappa shape index (κ1) is 24.4. The second-order valence-electron chi connectivity index (χ2n) is 8.05. The van der Waals surface area contributed by atoms with Gasteiger partial charge in [-0.1, -0.05) is 37.3 Å². The number of benzene rings is 2. The molecule has 2 aromatic carbocycles. The molecule has 0 amide bonds. The number of rotatable bonds is 11. The van der Waals surface area contributed by atoms with Crippen molar-refractivity contribution in [1.82, 2.24) is 30.1 Å². The van der Waals surface area contributed by atoms with Crippen molar-refractivity contribution in [3.8, 4) is 11.5 Å². The van der Waals surface area contributed by atoms with Crippen molar-refractivity contribution in [3.63, 3.8) is 0 Å². The lowest BCUT2D eigenvalue weighted by Gasteiger charge is -2.30. The van der Waals surface area contributed by atoms with Gasteiger partial charge in [0.2, 0.25) is 0 Å². The Kier molecular flexibility index (Phi) is 7.74. The highest BCUT2D eigenvalue weighted by molar-refractivity contribution is 5.83. The van der Waals surface area contributed by atoms with Gasteiger partial charge >= 0.3 is 0 Å². The number of aromatic nitrogens is 5. The third-order valence-electron chi connectivity index (χ3n) is 5.98. The molecule has 0 aliphatic heterocycles. The third kappa shape index (κ3) is 5.18. The molecule has 10 heteroatoms. The topological polar surface area (TPSA) is 107 Å². The SMILES string of the molecule is CCN(Cc1ccccc1)[C@H](c1cc2cc(OC)c(OC)cc2[nH]c1=O)c1nnnn1CCOC. The van der Waals surface area contributed by atoms with Gasteiger partial charge in [-0.05, 0) is 34.7 Å². The maximum atomic E-state index is 13.5. The third-order valence-corrected chi connectivity index (χ3v) is 5.98. The number of H-pyrrole nitrogens is 1. The van der Waals surface area contributed by atoms with Crippen LogP contribution < -0.4 is 15.0 Å². The molecule has 1 atom stereocenters. The maximum absolute atomic E-state index is 13.5. The standard InChI is InChI=1S/C25H30N6O4/c1-5-30(16-17-9-7-6-8-10-17)23(24-27-28-29-31(24)11-12-33-2)19-13-18-14-21(34-3)22(35-4)15-20(18)26-25(19)32/h6-10,13-15,23H,5,11-12,16H2,1-4H3,(H,26,32)/t23-/m1/s1. The van der Waals surface area contributed by atoms with E-state index in [1.54, 1.807) is 32.1 Å². The van der Waals surface area contributed by atoms with Gasteiger partial charge in [0, 0.05) is 30.7 Å². The Bertz CT molecular complexity index is 1320. The molecule has 0 unspecified atom stereocenters. The molecule has 1 N–H and O–H groups in total. The van der Waals surface area contributed by atoms with Crippen molar-refractivity contribution < 1.29 is 14.2 Å². The monoisotopic (exact) mass is 478 g/mol. The fourth-order valence-electron chi connectivity index (χ4n) is 4.20. The highest BCUT2D eigenvalue weighted by Gasteiger charge is 2.30. The fourth-order valence-corrected chi connectivity index (χ4v) is 4.20. The number of methoxy groups -OCH3 is 3. The van der Waals surface area contributed by atoms with E-state index in [4.69, 9.17) is 14.2 Å². The minimum atomic E-state index is -0.492. The number of nitrogens with one attached hydrogen (secondary N) is 1. The fraction of sp³-hybridized carbons (Fsp3) is 0.360. The van der Waals surface area contributed by atoms with Crippen LogP contribution in [-0.2, 0) is 17.8 Å². The van der Waals surface area contributed by atoms with Gasteiger partial charge in [0.05, 0.1) is 32.9 Å². The van der Waals surface area contributed by atoms with E-state index in [1.807, 2.05) is 30.3 Å². The normalized spacial score (nSPS) is 12.3. The van der Waals surface area contributed by atoms with E-state index in [9.17, 15) is 4.79 Å². The molecule has 2 heterocycles. The summed E-state index contributed by atoms with van der Waals surface area (Å²) < 4.78 is 17.8. The van der Waals surface area contributed by atoms with Crippen LogP contribution in [0.25, 0.3) is 10.9 Å². The number of ether oxygens (including phenoxy) is 3. The number of aromatic amines is 1. The minimum absolute atomic E-state index is 0.220. The number of hydrogen-bond donors (Lipinski definition) is 1. The zero-order valence-corrected chi connectivity index (χ0v) is 20.4. The smallest absolute Gasteiger partial charge is 0.253 e. The molecule has 184 valence electrons. The van der Waals surface area contributed by atoms with E-state index in [1.165, 1.54) is 0 Å². The molecule has 0 bridgehead atoms. The lowest BCUT2D eigenvalue weighted by atomic mass is 10.0. The Morgan fingerprint density at radius 3 is 2.49 bits per heavy atom. The molecule has 4 rings (SSSR count). The number of pyridine rings is 1. The highest BCUT2D eigenvalue weighted by Crippen LogP contribution is 2.33. The molecule has 10 nitrogen and oxygen atoms in total. The summed E-state index contributed by atoms with van der Waals surface area (Å²) in [5, 5.41) is 13.2. The Morgan fingerprint density at radius 1 is 1.06 bits per heavy atom. The van der Waals surface area contributed by atoms with E-state index in [2.05, 4.69) is 44.5 Å². The van der Waals surface area contributed by atoms with Crippen molar-refractivity contribution in [2.75, 3.05) is 34.5 Å². The van der Waals surface area contributed by atoms with E-state index < -0.39 is 6.04 Å². The minimum Gasteiger partial charge on any atom is -0.493 e. The molecule has 35 heavy (non-hydrogen) atoms. The molecule has 0 spiro atoms. The Labute approximate surface area is 203 Å². The lowest BCUT2D eigenvalue weighted by Crippen LogP contribution is -2.35. The van der Waals surface area contributed by atoms with Gasteiger partial charge in [-0.25, -0.2) is 4.68 Å². The second-order valence-corrected chi connectivity index (χ2v) is 8.05. The van der Waals surface area contributed by atoms with Gasteiger partial charge < -0.3 is 19.2 Å². The number of nitrogens with zero attached hydrogens (tertiary/aromatic N) is 5. The van der Waals surface area contributed by atoms with Crippen LogP contribution in [0, 0.1) is 0 Å². The molecular formula is C25H30N6O4. The molecule has 0 saturated carbocycles. The summed E-state index contributed by atoms with van der Waals surface area (Å²) in [4.78, 5) is 18.7. The van der Waals surface area contributed by atoms with Crippen LogP contribution >= 0.6 is 0 Å². The molecular weight excluding hydrogens is 448 g/mol. The second kappa shape index (κ2) is 11.1. The number of tetrazole rings is 1. The summed E-state index contributed by atoms with van der Waals surface area (Å²) in [6.45, 7) is 4.25. The van der Waals surface area contributed by atoms with Crippen LogP contribution in [0.1, 0.15) is 29.9 Å². The lowest BCUT2D eigenvalue weighted by molar-refractivity contribution is 0.174. The molecule has 0 fully saturated rings. The van der Waals surface area contributed by atoms with Crippen LogP contribution in [0.3, 0.4) is 0 Å². The van der Waals surface area contributed by atoms with Gasteiger partial charge in [0.25, 0.3) is 5.56 Å². The number of hydrogen-bond acceptors (Lipinski definition) is 8. The first-order valence-corrected chi connectivity index (χ1v) is 11.4. The maximum Gasteiger partial charge on any atom is 0.253 e. The summed E-state index contributed by atoms with van der Waals surface area (Å²) in [6, 6.07) is 15.1. The van der Waals surface area contributed by atoms with E-state index in [0.29, 0.717) is 54.6 Å². The average Bonchev–Trinajstić information content (AvgIpc) is 3.35. The zero-order chi connectivity index (χ0) is 24.8. The van der Waals surface area contributed by atoms with Crippen LogP contribution in [0.4, 0.5) is 0 Å². The summed E-state index contributed by atoms with van der Waals surface area (Å²) in [5.41, 5.74) is 2.10. The van der Waals surface area contributed by atoms with Gasteiger partial charge in [0.1, 0.15) is 6.04 Å². The molecule has 0 aliphatic carbocycles.